The van der Waals surface area contributed by atoms with Crippen LogP contribution >= 0.6 is 0 Å². The summed E-state index contributed by atoms with van der Waals surface area (Å²) in [5.41, 5.74) is 0.169. The van der Waals surface area contributed by atoms with Crippen molar-refractivity contribution in [2.75, 3.05) is 13.2 Å². The van der Waals surface area contributed by atoms with Gasteiger partial charge >= 0.3 is 0 Å². The van der Waals surface area contributed by atoms with Crippen LogP contribution in [0.3, 0.4) is 0 Å². The van der Waals surface area contributed by atoms with Gasteiger partial charge in [-0.25, -0.2) is 0 Å². The molecule has 2 saturated heterocycles. The second-order valence-corrected chi connectivity index (χ2v) is 4.09. The summed E-state index contributed by atoms with van der Waals surface area (Å²) in [7, 11) is 0. The largest absolute Gasteiger partial charge is 0.381 e. The summed E-state index contributed by atoms with van der Waals surface area (Å²) in [5.74, 6) is 0.763. The van der Waals surface area contributed by atoms with Crippen LogP contribution in [0.5, 0.6) is 0 Å². The zero-order valence-electron chi connectivity index (χ0n) is 7.30. The van der Waals surface area contributed by atoms with Crippen LogP contribution in [0.4, 0.5) is 0 Å². The first kappa shape index (κ1) is 7.56. The van der Waals surface area contributed by atoms with E-state index in [0.29, 0.717) is 6.10 Å². The summed E-state index contributed by atoms with van der Waals surface area (Å²) in [6, 6.07) is 0. The van der Waals surface area contributed by atoms with E-state index in [1.54, 1.807) is 0 Å². The van der Waals surface area contributed by atoms with Gasteiger partial charge in [-0.15, -0.1) is 0 Å². The first-order valence-corrected chi connectivity index (χ1v) is 4.46. The number of hydrogen-bond acceptors (Lipinski definition) is 2. The molecule has 0 amide bonds. The van der Waals surface area contributed by atoms with E-state index in [1.165, 1.54) is 12.8 Å². The molecule has 0 N–H and O–H groups in total. The zero-order chi connectivity index (χ0) is 7.90. The molecule has 0 radical (unpaired) electrons. The standard InChI is InChI=1S/C9H16O2/c1-9(2)8(11-9)7-3-5-10-6-4-7/h7-8H,3-6H2,1-2H3. The van der Waals surface area contributed by atoms with Crippen molar-refractivity contribution < 1.29 is 9.47 Å². The molecule has 2 nitrogen and oxygen atoms in total. The molecule has 2 aliphatic heterocycles. The van der Waals surface area contributed by atoms with Crippen molar-refractivity contribution in [1.29, 1.82) is 0 Å². The Balaban J connectivity index is 1.86. The van der Waals surface area contributed by atoms with Crippen LogP contribution in [0.1, 0.15) is 26.7 Å². The van der Waals surface area contributed by atoms with Crippen LogP contribution in [-0.2, 0) is 9.47 Å². The molecule has 0 aromatic rings. The molecule has 2 fully saturated rings. The molecule has 0 aromatic carbocycles. The van der Waals surface area contributed by atoms with Crippen LogP contribution in [0.2, 0.25) is 0 Å². The molecule has 2 heteroatoms. The zero-order valence-corrected chi connectivity index (χ0v) is 7.30. The van der Waals surface area contributed by atoms with E-state index in [9.17, 15) is 0 Å². The van der Waals surface area contributed by atoms with Crippen molar-refractivity contribution in [2.24, 2.45) is 5.92 Å². The lowest BCUT2D eigenvalue weighted by Gasteiger charge is -2.20. The second kappa shape index (κ2) is 2.46. The maximum absolute atomic E-state index is 5.59. The smallest absolute Gasteiger partial charge is 0.0897 e. The van der Waals surface area contributed by atoms with E-state index in [2.05, 4.69) is 13.8 Å². The minimum absolute atomic E-state index is 0.169. The Hall–Kier alpha value is -0.0800. The summed E-state index contributed by atoms with van der Waals surface area (Å²) in [6.45, 7) is 6.21. The normalized spacial score (nSPS) is 37.1. The monoisotopic (exact) mass is 156 g/mol. The van der Waals surface area contributed by atoms with Crippen molar-refractivity contribution >= 4 is 0 Å². The molecule has 11 heavy (non-hydrogen) atoms. The average Bonchev–Trinajstić information content (AvgIpc) is 2.62. The van der Waals surface area contributed by atoms with Gasteiger partial charge in [0, 0.05) is 13.2 Å². The third-order valence-electron chi connectivity index (χ3n) is 2.75. The van der Waals surface area contributed by atoms with Crippen LogP contribution in [-0.4, -0.2) is 24.9 Å². The van der Waals surface area contributed by atoms with Crippen LogP contribution in [0, 0.1) is 5.92 Å². The third-order valence-corrected chi connectivity index (χ3v) is 2.75. The van der Waals surface area contributed by atoms with E-state index in [-0.39, 0.29) is 5.60 Å². The molecule has 0 aliphatic carbocycles. The van der Waals surface area contributed by atoms with Gasteiger partial charge in [-0.3, -0.25) is 0 Å². The fourth-order valence-electron chi connectivity index (χ4n) is 1.98. The van der Waals surface area contributed by atoms with E-state index >= 15 is 0 Å². The maximum atomic E-state index is 5.59. The molecule has 2 aliphatic rings. The van der Waals surface area contributed by atoms with E-state index in [0.717, 1.165) is 19.1 Å². The molecule has 0 aromatic heterocycles. The van der Waals surface area contributed by atoms with Gasteiger partial charge in [-0.1, -0.05) is 0 Å². The topological polar surface area (TPSA) is 21.8 Å². The Morgan fingerprint density at radius 3 is 2.18 bits per heavy atom. The highest BCUT2D eigenvalue weighted by Crippen LogP contribution is 2.43. The van der Waals surface area contributed by atoms with E-state index in [1.807, 2.05) is 0 Å². The Morgan fingerprint density at radius 2 is 1.73 bits per heavy atom. The molecule has 0 spiro atoms. The van der Waals surface area contributed by atoms with Crippen LogP contribution < -0.4 is 0 Å². The summed E-state index contributed by atoms with van der Waals surface area (Å²) in [5, 5.41) is 0. The summed E-state index contributed by atoms with van der Waals surface area (Å²) in [4.78, 5) is 0. The lowest BCUT2D eigenvalue weighted by atomic mass is 9.91. The maximum Gasteiger partial charge on any atom is 0.0897 e. The Bertz CT molecular complexity index is 148. The molecular formula is C9H16O2. The third kappa shape index (κ3) is 1.42. The van der Waals surface area contributed by atoms with Crippen molar-refractivity contribution in [1.82, 2.24) is 0 Å². The number of epoxide rings is 1. The minimum Gasteiger partial charge on any atom is -0.381 e. The average molecular weight is 156 g/mol. The summed E-state index contributed by atoms with van der Waals surface area (Å²) in [6.07, 6.45) is 2.90. The number of ether oxygens (including phenoxy) is 2. The first-order chi connectivity index (χ1) is 5.20. The highest BCUT2D eigenvalue weighted by atomic mass is 16.6. The molecule has 2 rings (SSSR count). The van der Waals surface area contributed by atoms with Crippen molar-refractivity contribution in [3.63, 3.8) is 0 Å². The van der Waals surface area contributed by atoms with Gasteiger partial charge in [-0.2, -0.15) is 0 Å². The van der Waals surface area contributed by atoms with Crippen LogP contribution in [0.15, 0.2) is 0 Å². The van der Waals surface area contributed by atoms with Crippen LogP contribution in [0.25, 0.3) is 0 Å². The fraction of sp³-hybridized carbons (Fsp3) is 1.00. The first-order valence-electron chi connectivity index (χ1n) is 4.46. The van der Waals surface area contributed by atoms with Gasteiger partial charge in [0.05, 0.1) is 11.7 Å². The predicted octanol–water partition coefficient (Wildman–Crippen LogP) is 1.59. The van der Waals surface area contributed by atoms with Crippen molar-refractivity contribution in [3.05, 3.63) is 0 Å². The van der Waals surface area contributed by atoms with Crippen molar-refractivity contribution in [3.8, 4) is 0 Å². The lowest BCUT2D eigenvalue weighted by molar-refractivity contribution is 0.0571. The minimum atomic E-state index is 0.169. The summed E-state index contributed by atoms with van der Waals surface area (Å²) >= 11 is 0. The van der Waals surface area contributed by atoms with Gasteiger partial charge < -0.3 is 9.47 Å². The van der Waals surface area contributed by atoms with E-state index < -0.39 is 0 Å². The highest BCUT2D eigenvalue weighted by molar-refractivity contribution is 4.99. The van der Waals surface area contributed by atoms with Gasteiger partial charge in [0.25, 0.3) is 0 Å². The number of hydrogen-bond donors (Lipinski definition) is 0. The molecule has 0 bridgehead atoms. The van der Waals surface area contributed by atoms with Gasteiger partial charge in [0.2, 0.25) is 0 Å². The highest BCUT2D eigenvalue weighted by Gasteiger charge is 2.52. The number of rotatable bonds is 1. The Morgan fingerprint density at radius 1 is 1.18 bits per heavy atom. The summed E-state index contributed by atoms with van der Waals surface area (Å²) < 4.78 is 10.9. The molecule has 1 unspecified atom stereocenters. The van der Waals surface area contributed by atoms with Gasteiger partial charge in [-0.05, 0) is 32.6 Å². The SMILES string of the molecule is CC1(C)OC1C1CCOCC1. The Labute approximate surface area is 67.9 Å². The molecule has 2 heterocycles. The second-order valence-electron chi connectivity index (χ2n) is 4.09. The molecule has 1 atom stereocenters. The molecular weight excluding hydrogens is 140 g/mol. The van der Waals surface area contributed by atoms with Crippen molar-refractivity contribution in [2.45, 2.75) is 38.4 Å². The Kier molecular flexibility index (Phi) is 1.69. The van der Waals surface area contributed by atoms with E-state index in [4.69, 9.17) is 9.47 Å². The fourth-order valence-corrected chi connectivity index (χ4v) is 1.98. The molecule has 64 valence electrons. The van der Waals surface area contributed by atoms with Gasteiger partial charge in [0.1, 0.15) is 0 Å². The lowest BCUT2D eigenvalue weighted by Crippen LogP contribution is -2.23. The predicted molar refractivity (Wildman–Crippen MR) is 42.5 cm³/mol. The quantitative estimate of drug-likeness (QED) is 0.538. The molecule has 0 saturated carbocycles. The van der Waals surface area contributed by atoms with Gasteiger partial charge in [0.15, 0.2) is 0 Å².